The maximum absolute atomic E-state index is 12.4. The summed E-state index contributed by atoms with van der Waals surface area (Å²) in [5.74, 6) is 2.42. The number of nitrogens with zero attached hydrogens (tertiary/aromatic N) is 3. The SMILES string of the molecule is CN(CC1CCC1)c1nc(CCc2ccccc2)nc2c1CCNC2=O. The molecule has 1 fully saturated rings. The van der Waals surface area contributed by atoms with Crippen LogP contribution in [0.5, 0.6) is 0 Å². The van der Waals surface area contributed by atoms with Gasteiger partial charge in [0.25, 0.3) is 5.91 Å². The fourth-order valence-corrected chi connectivity index (χ4v) is 3.80. The summed E-state index contributed by atoms with van der Waals surface area (Å²) in [4.78, 5) is 24.1. The molecule has 0 spiro atoms. The lowest BCUT2D eigenvalue weighted by molar-refractivity contribution is 0.0940. The van der Waals surface area contributed by atoms with Crippen molar-refractivity contribution in [3.8, 4) is 0 Å². The molecule has 0 bridgehead atoms. The predicted molar refractivity (Wildman–Crippen MR) is 103 cm³/mol. The summed E-state index contributed by atoms with van der Waals surface area (Å²) in [5, 5.41) is 2.92. The highest BCUT2D eigenvalue weighted by Gasteiger charge is 2.27. The van der Waals surface area contributed by atoms with Crippen molar-refractivity contribution in [3.05, 3.63) is 53.0 Å². The van der Waals surface area contributed by atoms with Crippen molar-refractivity contribution in [2.75, 3.05) is 25.0 Å². The van der Waals surface area contributed by atoms with Gasteiger partial charge in [0, 0.05) is 32.1 Å². The highest BCUT2D eigenvalue weighted by atomic mass is 16.1. The zero-order valence-electron chi connectivity index (χ0n) is 15.4. The molecule has 0 saturated heterocycles. The van der Waals surface area contributed by atoms with Crippen LogP contribution >= 0.6 is 0 Å². The van der Waals surface area contributed by atoms with Gasteiger partial charge >= 0.3 is 0 Å². The van der Waals surface area contributed by atoms with Crippen LogP contribution in [-0.4, -0.2) is 36.0 Å². The Morgan fingerprint density at radius 1 is 1.15 bits per heavy atom. The van der Waals surface area contributed by atoms with Gasteiger partial charge < -0.3 is 10.2 Å². The summed E-state index contributed by atoms with van der Waals surface area (Å²) in [7, 11) is 2.11. The molecule has 5 heteroatoms. The molecule has 1 amide bonds. The Morgan fingerprint density at radius 2 is 1.96 bits per heavy atom. The van der Waals surface area contributed by atoms with E-state index in [1.807, 2.05) is 18.2 Å². The zero-order valence-corrected chi connectivity index (χ0v) is 15.4. The molecule has 0 unspecified atom stereocenters. The van der Waals surface area contributed by atoms with E-state index in [9.17, 15) is 4.79 Å². The number of amides is 1. The van der Waals surface area contributed by atoms with Crippen LogP contribution in [-0.2, 0) is 19.3 Å². The molecular formula is C21H26N4O. The quantitative estimate of drug-likeness (QED) is 0.870. The number of anilines is 1. The maximum atomic E-state index is 12.4. The van der Waals surface area contributed by atoms with Crippen LogP contribution in [0.4, 0.5) is 5.82 Å². The lowest BCUT2D eigenvalue weighted by Crippen LogP contribution is -2.37. The molecule has 136 valence electrons. The van der Waals surface area contributed by atoms with Gasteiger partial charge in [-0.3, -0.25) is 4.79 Å². The van der Waals surface area contributed by atoms with Gasteiger partial charge in [-0.15, -0.1) is 0 Å². The number of fused-ring (bicyclic) bond motifs is 1. The molecule has 1 aliphatic heterocycles. The normalized spacial score (nSPS) is 16.6. The fraction of sp³-hybridized carbons (Fsp3) is 0.476. The number of carbonyl (C=O) groups excluding carboxylic acids is 1. The average molecular weight is 350 g/mol. The molecule has 1 saturated carbocycles. The van der Waals surface area contributed by atoms with E-state index in [1.54, 1.807) is 0 Å². The lowest BCUT2D eigenvalue weighted by Gasteiger charge is -2.32. The highest BCUT2D eigenvalue weighted by Crippen LogP contribution is 2.30. The van der Waals surface area contributed by atoms with E-state index >= 15 is 0 Å². The zero-order chi connectivity index (χ0) is 17.9. The number of hydrogen-bond acceptors (Lipinski definition) is 4. The highest BCUT2D eigenvalue weighted by molar-refractivity contribution is 5.96. The minimum absolute atomic E-state index is 0.0621. The number of hydrogen-bond donors (Lipinski definition) is 1. The summed E-state index contributed by atoms with van der Waals surface area (Å²) < 4.78 is 0. The number of nitrogens with one attached hydrogen (secondary N) is 1. The van der Waals surface area contributed by atoms with Crippen molar-refractivity contribution >= 4 is 11.7 Å². The van der Waals surface area contributed by atoms with Crippen molar-refractivity contribution in [1.82, 2.24) is 15.3 Å². The van der Waals surface area contributed by atoms with Gasteiger partial charge in [0.05, 0.1) is 0 Å². The van der Waals surface area contributed by atoms with Crippen LogP contribution in [0, 0.1) is 5.92 Å². The first-order valence-corrected chi connectivity index (χ1v) is 9.64. The third-order valence-electron chi connectivity index (χ3n) is 5.51. The summed E-state index contributed by atoms with van der Waals surface area (Å²) in [6, 6.07) is 10.4. The van der Waals surface area contributed by atoms with Gasteiger partial charge in [-0.2, -0.15) is 0 Å². The Morgan fingerprint density at radius 3 is 2.69 bits per heavy atom. The van der Waals surface area contributed by atoms with Gasteiger partial charge in [0.1, 0.15) is 17.3 Å². The van der Waals surface area contributed by atoms with Gasteiger partial charge in [-0.25, -0.2) is 9.97 Å². The molecule has 5 nitrogen and oxygen atoms in total. The molecule has 2 aliphatic rings. The van der Waals surface area contributed by atoms with Crippen LogP contribution in [0.25, 0.3) is 0 Å². The van der Waals surface area contributed by atoms with Crippen molar-refractivity contribution in [2.24, 2.45) is 5.92 Å². The van der Waals surface area contributed by atoms with Crippen LogP contribution < -0.4 is 10.2 Å². The number of carbonyl (C=O) groups is 1. The van der Waals surface area contributed by atoms with Gasteiger partial charge in [0.15, 0.2) is 0 Å². The second-order valence-corrected chi connectivity index (χ2v) is 7.46. The third kappa shape index (κ3) is 3.57. The first-order valence-electron chi connectivity index (χ1n) is 9.64. The standard InChI is InChI=1S/C21H26N4O/c1-25(14-16-8-5-9-16)20-17-12-13-22-21(26)19(17)23-18(24-20)11-10-15-6-3-2-4-7-15/h2-4,6-7,16H,5,8-14H2,1H3,(H,22,26). The third-order valence-corrected chi connectivity index (χ3v) is 5.51. The van der Waals surface area contributed by atoms with Gasteiger partial charge in [0.2, 0.25) is 0 Å². The van der Waals surface area contributed by atoms with Crippen LogP contribution in [0.1, 0.15) is 46.7 Å². The molecule has 2 aromatic rings. The fourth-order valence-electron chi connectivity index (χ4n) is 3.80. The van der Waals surface area contributed by atoms with Crippen LogP contribution in [0.2, 0.25) is 0 Å². The molecule has 4 rings (SSSR count). The monoisotopic (exact) mass is 350 g/mol. The Balaban J connectivity index is 1.60. The largest absolute Gasteiger partial charge is 0.359 e. The molecule has 1 aliphatic carbocycles. The molecule has 1 N–H and O–H groups in total. The second kappa shape index (κ2) is 7.44. The molecule has 2 heterocycles. The minimum atomic E-state index is -0.0621. The van der Waals surface area contributed by atoms with Crippen molar-refractivity contribution < 1.29 is 4.79 Å². The summed E-state index contributed by atoms with van der Waals surface area (Å²) in [5.41, 5.74) is 2.85. The van der Waals surface area contributed by atoms with Crippen molar-refractivity contribution in [1.29, 1.82) is 0 Å². The molecule has 0 atom stereocenters. The number of aromatic nitrogens is 2. The van der Waals surface area contributed by atoms with E-state index in [2.05, 4.69) is 34.4 Å². The number of aryl methyl sites for hydroxylation is 2. The van der Waals surface area contributed by atoms with E-state index in [0.717, 1.165) is 48.9 Å². The maximum Gasteiger partial charge on any atom is 0.270 e. The minimum Gasteiger partial charge on any atom is -0.359 e. The topological polar surface area (TPSA) is 58.1 Å². The molecule has 1 aromatic carbocycles. The predicted octanol–water partition coefficient (Wildman–Crippen LogP) is 2.78. The summed E-state index contributed by atoms with van der Waals surface area (Å²) in [6.07, 6.45) is 6.38. The molecular weight excluding hydrogens is 324 g/mol. The van der Waals surface area contributed by atoms with Gasteiger partial charge in [-0.05, 0) is 37.2 Å². The second-order valence-electron chi connectivity index (χ2n) is 7.46. The smallest absolute Gasteiger partial charge is 0.270 e. The van der Waals surface area contributed by atoms with E-state index in [-0.39, 0.29) is 5.91 Å². The summed E-state index contributed by atoms with van der Waals surface area (Å²) in [6.45, 7) is 1.69. The lowest BCUT2D eigenvalue weighted by atomic mass is 9.85. The van der Waals surface area contributed by atoms with E-state index in [4.69, 9.17) is 4.98 Å². The Bertz CT molecular complexity index is 786. The summed E-state index contributed by atoms with van der Waals surface area (Å²) >= 11 is 0. The van der Waals surface area contributed by atoms with Crippen LogP contribution in [0.3, 0.4) is 0 Å². The van der Waals surface area contributed by atoms with Gasteiger partial charge in [-0.1, -0.05) is 36.8 Å². The molecule has 0 radical (unpaired) electrons. The van der Waals surface area contributed by atoms with Crippen molar-refractivity contribution in [2.45, 2.75) is 38.5 Å². The van der Waals surface area contributed by atoms with E-state index in [1.165, 1.54) is 24.8 Å². The first-order chi connectivity index (χ1) is 12.7. The molecule has 1 aromatic heterocycles. The molecule has 26 heavy (non-hydrogen) atoms. The van der Waals surface area contributed by atoms with E-state index in [0.29, 0.717) is 12.2 Å². The van der Waals surface area contributed by atoms with E-state index < -0.39 is 0 Å². The Labute approximate surface area is 154 Å². The van der Waals surface area contributed by atoms with Crippen molar-refractivity contribution in [3.63, 3.8) is 0 Å². The number of rotatable bonds is 6. The average Bonchev–Trinajstić information content (AvgIpc) is 2.63. The Hall–Kier alpha value is -2.43. The first kappa shape index (κ1) is 17.0. The number of benzene rings is 1. The Kier molecular flexibility index (Phi) is 4.87. The van der Waals surface area contributed by atoms with Crippen LogP contribution in [0.15, 0.2) is 30.3 Å².